The SMILES string of the molecule is CC[C@H](C)[C@H](NC(=O)C1(F)CCC1)C(=O)N1C[C@H]2[C@@H]([C@H]1C(=O)NNC[C@@H]1CCNC1=O)C2(C)C.Cl. The molecule has 2 heterocycles. The van der Waals surface area contributed by atoms with Crippen molar-refractivity contribution in [2.45, 2.75) is 77.6 Å². The molecule has 0 aromatic carbocycles. The van der Waals surface area contributed by atoms with E-state index in [1.54, 1.807) is 4.90 Å². The van der Waals surface area contributed by atoms with Gasteiger partial charge in [0.1, 0.15) is 12.1 Å². The molecule has 2 saturated carbocycles. The van der Waals surface area contributed by atoms with Gasteiger partial charge in [-0.15, -0.1) is 12.4 Å². The first-order valence-electron chi connectivity index (χ1n) is 12.6. The number of alkyl halides is 1. The van der Waals surface area contributed by atoms with Crippen LogP contribution >= 0.6 is 12.4 Å². The number of amides is 4. The Kier molecular flexibility index (Phi) is 8.06. The van der Waals surface area contributed by atoms with Crippen molar-refractivity contribution in [1.29, 1.82) is 0 Å². The van der Waals surface area contributed by atoms with Gasteiger partial charge in [-0.3, -0.25) is 24.6 Å². The van der Waals surface area contributed by atoms with Crippen LogP contribution in [0.1, 0.15) is 59.8 Å². The number of hydrazine groups is 1. The maximum atomic E-state index is 14.7. The second-order valence-corrected chi connectivity index (χ2v) is 11.2. The maximum Gasteiger partial charge on any atom is 0.258 e. The van der Waals surface area contributed by atoms with Crippen LogP contribution in [0.5, 0.6) is 0 Å². The van der Waals surface area contributed by atoms with Crippen LogP contribution in [0.3, 0.4) is 0 Å². The maximum absolute atomic E-state index is 14.7. The van der Waals surface area contributed by atoms with Crippen LogP contribution in [-0.2, 0) is 19.2 Å². The number of halogens is 2. The molecule has 4 rings (SSSR count). The number of likely N-dealkylation sites (tertiary alicyclic amines) is 1. The van der Waals surface area contributed by atoms with Crippen LogP contribution in [0.2, 0.25) is 0 Å². The molecule has 4 N–H and O–H groups in total. The van der Waals surface area contributed by atoms with Gasteiger partial charge in [0.05, 0.1) is 5.92 Å². The largest absolute Gasteiger partial charge is 0.356 e. The van der Waals surface area contributed by atoms with Gasteiger partial charge < -0.3 is 15.5 Å². The molecule has 11 heteroatoms. The zero-order valence-corrected chi connectivity index (χ0v) is 21.8. The summed E-state index contributed by atoms with van der Waals surface area (Å²) in [5, 5.41) is 5.45. The number of nitrogens with one attached hydrogen (secondary N) is 4. The average Bonchev–Trinajstić information content (AvgIpc) is 3.14. The Bertz CT molecular complexity index is 867. The van der Waals surface area contributed by atoms with E-state index in [4.69, 9.17) is 0 Å². The summed E-state index contributed by atoms with van der Waals surface area (Å²) in [6.07, 6.45) is 2.36. The second kappa shape index (κ2) is 10.2. The Hall–Kier alpha value is -1.94. The smallest absolute Gasteiger partial charge is 0.258 e. The molecule has 2 aliphatic heterocycles. The molecule has 0 spiro atoms. The van der Waals surface area contributed by atoms with Gasteiger partial charge in [-0.1, -0.05) is 34.1 Å². The first-order chi connectivity index (χ1) is 16.0. The number of hydrogen-bond acceptors (Lipinski definition) is 5. The van der Waals surface area contributed by atoms with Crippen molar-refractivity contribution in [2.24, 2.45) is 29.1 Å². The predicted octanol–water partition coefficient (Wildman–Crippen LogP) is 1.07. The number of rotatable bonds is 9. The number of nitrogens with zero attached hydrogens (tertiary/aromatic N) is 1. The molecular weight excluding hydrogens is 477 g/mol. The third kappa shape index (κ3) is 5.01. The molecule has 9 nitrogen and oxygen atoms in total. The lowest BCUT2D eigenvalue weighted by atomic mass is 9.81. The van der Waals surface area contributed by atoms with Crippen molar-refractivity contribution in [2.75, 3.05) is 19.6 Å². The van der Waals surface area contributed by atoms with Crippen LogP contribution in [0.4, 0.5) is 4.39 Å². The highest BCUT2D eigenvalue weighted by atomic mass is 35.5. The van der Waals surface area contributed by atoms with Crippen LogP contribution in [-0.4, -0.2) is 65.9 Å². The molecule has 0 aromatic heterocycles. The average molecular weight is 516 g/mol. The number of piperidine rings is 1. The van der Waals surface area contributed by atoms with Crippen molar-refractivity contribution in [3.05, 3.63) is 0 Å². The normalized spacial score (nSPS) is 31.2. The van der Waals surface area contributed by atoms with Crippen LogP contribution < -0.4 is 21.5 Å². The van der Waals surface area contributed by atoms with E-state index in [-0.39, 0.29) is 72.1 Å². The Morgan fingerprint density at radius 3 is 2.49 bits per heavy atom. The standard InChI is InChI=1S/C24H38FN5O4.ClH/c1-5-13(2)17(28-22(34)24(25)8-6-9-24)21(33)30-12-15-16(23(15,3)4)18(30)20(32)29-27-11-14-7-10-26-19(14)31;/h13-18,27H,5-12H2,1-4H3,(H,26,31)(H,28,34)(H,29,32);1H/t13-,14-,15-,16-,17-,18-;/m0./s1. The Labute approximate surface area is 212 Å². The lowest BCUT2D eigenvalue weighted by Gasteiger charge is -2.37. The number of fused-ring (bicyclic) bond motifs is 1. The summed E-state index contributed by atoms with van der Waals surface area (Å²) in [6, 6.07) is -1.55. The molecule has 0 radical (unpaired) electrons. The molecule has 4 aliphatic rings. The fraction of sp³-hybridized carbons (Fsp3) is 0.833. The first kappa shape index (κ1) is 27.6. The van der Waals surface area contributed by atoms with Crippen molar-refractivity contribution >= 4 is 36.0 Å². The predicted molar refractivity (Wildman–Crippen MR) is 130 cm³/mol. The lowest BCUT2D eigenvalue weighted by Crippen LogP contribution is -2.61. The van der Waals surface area contributed by atoms with Crippen LogP contribution in [0.15, 0.2) is 0 Å². The third-order valence-corrected chi connectivity index (χ3v) is 8.80. The van der Waals surface area contributed by atoms with Gasteiger partial charge in [0.25, 0.3) is 11.8 Å². The molecule has 4 fully saturated rings. The quantitative estimate of drug-likeness (QED) is 0.342. The summed E-state index contributed by atoms with van der Waals surface area (Å²) >= 11 is 0. The summed E-state index contributed by atoms with van der Waals surface area (Å²) in [5.74, 6) is -1.60. The minimum atomic E-state index is -1.89. The summed E-state index contributed by atoms with van der Waals surface area (Å²) in [6.45, 7) is 9.35. The fourth-order valence-corrected chi connectivity index (χ4v) is 5.83. The second-order valence-electron chi connectivity index (χ2n) is 11.2. The van der Waals surface area contributed by atoms with E-state index in [2.05, 4.69) is 35.3 Å². The van der Waals surface area contributed by atoms with E-state index in [1.165, 1.54) is 0 Å². The summed E-state index contributed by atoms with van der Waals surface area (Å²) in [7, 11) is 0. The van der Waals surface area contributed by atoms with Gasteiger partial charge in [0, 0.05) is 19.6 Å². The highest BCUT2D eigenvalue weighted by Gasteiger charge is 2.69. The Morgan fingerprint density at radius 2 is 1.94 bits per heavy atom. The molecule has 2 saturated heterocycles. The van der Waals surface area contributed by atoms with Crippen LogP contribution in [0, 0.1) is 29.1 Å². The van der Waals surface area contributed by atoms with E-state index in [0.29, 0.717) is 38.9 Å². The third-order valence-electron chi connectivity index (χ3n) is 8.80. The zero-order chi connectivity index (χ0) is 24.8. The van der Waals surface area contributed by atoms with E-state index in [0.717, 1.165) is 0 Å². The Balaban J connectivity index is 0.00000342. The molecule has 2 aliphatic carbocycles. The van der Waals surface area contributed by atoms with Crippen molar-refractivity contribution in [3.8, 4) is 0 Å². The van der Waals surface area contributed by atoms with Crippen molar-refractivity contribution in [1.82, 2.24) is 26.4 Å². The van der Waals surface area contributed by atoms with Gasteiger partial charge in [-0.05, 0) is 48.9 Å². The first-order valence-corrected chi connectivity index (χ1v) is 12.6. The van der Waals surface area contributed by atoms with Gasteiger partial charge in [0.15, 0.2) is 5.67 Å². The summed E-state index contributed by atoms with van der Waals surface area (Å²) < 4.78 is 14.7. The molecule has 0 unspecified atom stereocenters. The zero-order valence-electron chi connectivity index (χ0n) is 21.0. The molecule has 4 amide bonds. The van der Waals surface area contributed by atoms with E-state index in [9.17, 15) is 23.6 Å². The minimum absolute atomic E-state index is 0. The number of hydrogen-bond donors (Lipinski definition) is 4. The van der Waals surface area contributed by atoms with E-state index in [1.807, 2.05) is 13.8 Å². The van der Waals surface area contributed by atoms with Crippen molar-refractivity contribution < 1.29 is 23.6 Å². The van der Waals surface area contributed by atoms with Gasteiger partial charge in [-0.2, -0.15) is 0 Å². The molecule has 0 aromatic rings. The fourth-order valence-electron chi connectivity index (χ4n) is 5.83. The summed E-state index contributed by atoms with van der Waals surface area (Å²) in [4.78, 5) is 52.8. The van der Waals surface area contributed by atoms with Crippen molar-refractivity contribution in [3.63, 3.8) is 0 Å². The molecule has 198 valence electrons. The highest BCUT2D eigenvalue weighted by Crippen LogP contribution is 2.64. The van der Waals surface area contributed by atoms with Gasteiger partial charge >= 0.3 is 0 Å². The Morgan fingerprint density at radius 1 is 1.26 bits per heavy atom. The topological polar surface area (TPSA) is 120 Å². The minimum Gasteiger partial charge on any atom is -0.356 e. The lowest BCUT2D eigenvalue weighted by molar-refractivity contribution is -0.148. The van der Waals surface area contributed by atoms with Gasteiger partial charge in [0.2, 0.25) is 11.8 Å². The molecular formula is C24H39ClFN5O4. The summed E-state index contributed by atoms with van der Waals surface area (Å²) in [5.41, 5.74) is 3.62. The molecule has 6 atom stereocenters. The molecule has 35 heavy (non-hydrogen) atoms. The highest BCUT2D eigenvalue weighted by molar-refractivity contribution is 5.95. The number of carbonyl (C=O) groups is 4. The molecule has 0 bridgehead atoms. The van der Waals surface area contributed by atoms with Crippen LogP contribution in [0.25, 0.3) is 0 Å². The van der Waals surface area contributed by atoms with E-state index < -0.39 is 23.7 Å². The monoisotopic (exact) mass is 515 g/mol. The number of carbonyl (C=O) groups excluding carboxylic acids is 4. The van der Waals surface area contributed by atoms with E-state index >= 15 is 0 Å². The van der Waals surface area contributed by atoms with Gasteiger partial charge in [-0.25, -0.2) is 9.82 Å².